The van der Waals surface area contributed by atoms with E-state index in [0.29, 0.717) is 16.1 Å². The maximum absolute atomic E-state index is 12.4. The SMILES string of the molecule is Cc1cc(C(N)C(F)(F)F)c(C)cc1Cl. The molecule has 1 unspecified atom stereocenters. The molecule has 0 bridgehead atoms. The molecule has 0 aliphatic carbocycles. The molecule has 1 aromatic rings. The van der Waals surface area contributed by atoms with Gasteiger partial charge < -0.3 is 5.73 Å². The highest BCUT2D eigenvalue weighted by Gasteiger charge is 2.38. The largest absolute Gasteiger partial charge is 0.407 e. The quantitative estimate of drug-likeness (QED) is 0.795. The molecule has 0 radical (unpaired) electrons. The average molecular weight is 238 g/mol. The van der Waals surface area contributed by atoms with Gasteiger partial charge in [0.15, 0.2) is 0 Å². The number of alkyl halides is 3. The summed E-state index contributed by atoms with van der Waals surface area (Å²) in [5.41, 5.74) is 6.25. The van der Waals surface area contributed by atoms with Crippen molar-refractivity contribution in [3.8, 4) is 0 Å². The summed E-state index contributed by atoms with van der Waals surface area (Å²) >= 11 is 5.78. The van der Waals surface area contributed by atoms with Gasteiger partial charge in [-0.3, -0.25) is 0 Å². The van der Waals surface area contributed by atoms with Gasteiger partial charge in [-0.1, -0.05) is 17.7 Å². The molecular formula is C10H11ClF3N. The number of nitrogens with two attached hydrogens (primary N) is 1. The third-order valence-electron chi connectivity index (χ3n) is 2.24. The topological polar surface area (TPSA) is 26.0 Å². The lowest BCUT2D eigenvalue weighted by Gasteiger charge is -2.19. The third kappa shape index (κ3) is 2.63. The molecule has 0 aliphatic rings. The molecule has 0 aliphatic heterocycles. The first kappa shape index (κ1) is 12.3. The van der Waals surface area contributed by atoms with Crippen molar-refractivity contribution in [3.05, 3.63) is 33.8 Å². The van der Waals surface area contributed by atoms with E-state index >= 15 is 0 Å². The van der Waals surface area contributed by atoms with E-state index in [1.807, 2.05) is 0 Å². The van der Waals surface area contributed by atoms with E-state index in [9.17, 15) is 13.2 Å². The molecule has 2 N–H and O–H groups in total. The molecule has 1 nitrogen and oxygen atoms in total. The highest BCUT2D eigenvalue weighted by Crippen LogP contribution is 2.34. The van der Waals surface area contributed by atoms with Gasteiger partial charge in [0.2, 0.25) is 0 Å². The normalized spacial score (nSPS) is 14.1. The Hall–Kier alpha value is -0.740. The molecule has 0 spiro atoms. The van der Waals surface area contributed by atoms with Crippen molar-refractivity contribution in [2.45, 2.75) is 26.1 Å². The maximum Gasteiger partial charge on any atom is 0.407 e. The lowest BCUT2D eigenvalue weighted by Crippen LogP contribution is -2.29. The summed E-state index contributed by atoms with van der Waals surface area (Å²) in [6.07, 6.45) is -4.43. The van der Waals surface area contributed by atoms with E-state index in [1.165, 1.54) is 12.1 Å². The van der Waals surface area contributed by atoms with Crippen LogP contribution in [-0.2, 0) is 0 Å². The predicted molar refractivity (Wildman–Crippen MR) is 53.9 cm³/mol. The van der Waals surface area contributed by atoms with Crippen LogP contribution < -0.4 is 5.73 Å². The fraction of sp³-hybridized carbons (Fsp3) is 0.400. The van der Waals surface area contributed by atoms with Crippen LogP contribution >= 0.6 is 11.6 Å². The molecule has 1 aromatic carbocycles. The molecule has 0 saturated heterocycles. The maximum atomic E-state index is 12.4. The number of rotatable bonds is 1. The molecule has 5 heteroatoms. The molecular weight excluding hydrogens is 227 g/mol. The molecule has 15 heavy (non-hydrogen) atoms. The van der Waals surface area contributed by atoms with Gasteiger partial charge in [-0.25, -0.2) is 0 Å². The zero-order chi connectivity index (χ0) is 11.8. The van der Waals surface area contributed by atoms with E-state index in [0.717, 1.165) is 0 Å². The van der Waals surface area contributed by atoms with Crippen molar-refractivity contribution in [1.82, 2.24) is 0 Å². The fourth-order valence-corrected chi connectivity index (χ4v) is 1.53. The summed E-state index contributed by atoms with van der Waals surface area (Å²) < 4.78 is 37.2. The molecule has 1 rings (SSSR count). The van der Waals surface area contributed by atoms with Gasteiger partial charge in [0, 0.05) is 5.02 Å². The second-order valence-electron chi connectivity index (χ2n) is 3.48. The van der Waals surface area contributed by atoms with Crippen molar-refractivity contribution in [3.63, 3.8) is 0 Å². The number of hydrogen-bond donors (Lipinski definition) is 1. The minimum atomic E-state index is -4.43. The van der Waals surface area contributed by atoms with Gasteiger partial charge in [-0.05, 0) is 36.6 Å². The lowest BCUT2D eigenvalue weighted by atomic mass is 9.99. The van der Waals surface area contributed by atoms with Crippen LogP contribution in [-0.4, -0.2) is 6.18 Å². The number of aryl methyl sites for hydroxylation is 2. The van der Waals surface area contributed by atoms with E-state index in [-0.39, 0.29) is 5.56 Å². The van der Waals surface area contributed by atoms with E-state index in [1.54, 1.807) is 13.8 Å². The number of halogens is 4. The molecule has 0 aromatic heterocycles. The Morgan fingerprint density at radius 3 is 2.20 bits per heavy atom. The Bertz CT molecular complexity index is 374. The van der Waals surface area contributed by atoms with Crippen LogP contribution in [0, 0.1) is 13.8 Å². The van der Waals surface area contributed by atoms with Gasteiger partial charge in [0.1, 0.15) is 6.04 Å². The monoisotopic (exact) mass is 237 g/mol. The van der Waals surface area contributed by atoms with Crippen molar-refractivity contribution < 1.29 is 13.2 Å². The Balaban J connectivity index is 3.21. The van der Waals surface area contributed by atoms with Crippen molar-refractivity contribution in [2.24, 2.45) is 5.73 Å². The summed E-state index contributed by atoms with van der Waals surface area (Å²) in [6.45, 7) is 3.21. The Kier molecular flexibility index (Phi) is 3.31. The highest BCUT2D eigenvalue weighted by molar-refractivity contribution is 6.31. The molecule has 84 valence electrons. The van der Waals surface area contributed by atoms with Gasteiger partial charge in [-0.2, -0.15) is 13.2 Å². The molecule has 1 atom stereocenters. The van der Waals surface area contributed by atoms with Crippen LogP contribution in [0.1, 0.15) is 22.7 Å². The number of benzene rings is 1. The van der Waals surface area contributed by atoms with Crippen molar-refractivity contribution >= 4 is 11.6 Å². The van der Waals surface area contributed by atoms with Crippen LogP contribution in [0.4, 0.5) is 13.2 Å². The summed E-state index contributed by atoms with van der Waals surface area (Å²) in [5.74, 6) is 0. The first-order valence-electron chi connectivity index (χ1n) is 4.32. The Labute approximate surface area is 91.0 Å². The Morgan fingerprint density at radius 2 is 1.73 bits per heavy atom. The van der Waals surface area contributed by atoms with Crippen LogP contribution in [0.15, 0.2) is 12.1 Å². The summed E-state index contributed by atoms with van der Waals surface area (Å²) in [4.78, 5) is 0. The minimum Gasteiger partial charge on any atom is -0.316 e. The fourth-order valence-electron chi connectivity index (χ4n) is 1.31. The van der Waals surface area contributed by atoms with Gasteiger partial charge in [-0.15, -0.1) is 0 Å². The second kappa shape index (κ2) is 4.02. The second-order valence-corrected chi connectivity index (χ2v) is 3.88. The standard InChI is InChI=1S/C10H11ClF3N/c1-5-4-8(11)6(2)3-7(5)9(15)10(12,13)14/h3-4,9H,15H2,1-2H3. The summed E-state index contributed by atoms with van der Waals surface area (Å²) in [7, 11) is 0. The van der Waals surface area contributed by atoms with Crippen LogP contribution in [0.5, 0.6) is 0 Å². The van der Waals surface area contributed by atoms with Crippen molar-refractivity contribution in [1.29, 1.82) is 0 Å². The molecule has 0 amide bonds. The molecule has 0 saturated carbocycles. The lowest BCUT2D eigenvalue weighted by molar-refractivity contribution is -0.149. The smallest absolute Gasteiger partial charge is 0.316 e. The summed E-state index contributed by atoms with van der Waals surface area (Å²) in [5, 5.41) is 0.450. The Morgan fingerprint density at radius 1 is 1.20 bits per heavy atom. The van der Waals surface area contributed by atoms with Gasteiger partial charge >= 0.3 is 6.18 Å². The summed E-state index contributed by atoms with van der Waals surface area (Å²) in [6, 6.07) is 0.932. The van der Waals surface area contributed by atoms with Gasteiger partial charge in [0.25, 0.3) is 0 Å². The van der Waals surface area contributed by atoms with Crippen LogP contribution in [0.2, 0.25) is 5.02 Å². The number of hydrogen-bond acceptors (Lipinski definition) is 1. The van der Waals surface area contributed by atoms with E-state index in [4.69, 9.17) is 17.3 Å². The zero-order valence-corrected chi connectivity index (χ0v) is 9.08. The minimum absolute atomic E-state index is 0.0735. The first-order valence-corrected chi connectivity index (χ1v) is 4.70. The van der Waals surface area contributed by atoms with Gasteiger partial charge in [0.05, 0.1) is 0 Å². The van der Waals surface area contributed by atoms with E-state index < -0.39 is 12.2 Å². The third-order valence-corrected chi connectivity index (χ3v) is 2.64. The average Bonchev–Trinajstić information content (AvgIpc) is 2.08. The predicted octanol–water partition coefficient (Wildman–Crippen LogP) is 3.52. The van der Waals surface area contributed by atoms with Crippen molar-refractivity contribution in [2.75, 3.05) is 0 Å². The van der Waals surface area contributed by atoms with Crippen LogP contribution in [0.25, 0.3) is 0 Å². The van der Waals surface area contributed by atoms with E-state index in [2.05, 4.69) is 0 Å². The first-order chi connectivity index (χ1) is 6.73. The molecule has 0 fully saturated rings. The zero-order valence-electron chi connectivity index (χ0n) is 8.32. The van der Waals surface area contributed by atoms with Crippen LogP contribution in [0.3, 0.4) is 0 Å². The highest BCUT2D eigenvalue weighted by atomic mass is 35.5. The molecule has 0 heterocycles.